The van der Waals surface area contributed by atoms with Crippen molar-refractivity contribution in [1.82, 2.24) is 5.32 Å². The van der Waals surface area contributed by atoms with Gasteiger partial charge in [0.05, 0.1) is 0 Å². The van der Waals surface area contributed by atoms with Gasteiger partial charge in [0.25, 0.3) is 0 Å². The van der Waals surface area contributed by atoms with E-state index >= 15 is 0 Å². The lowest BCUT2D eigenvalue weighted by Gasteiger charge is -2.31. The molecule has 1 saturated heterocycles. The molecule has 2 heteroatoms. The molecule has 1 heterocycles. The number of carbonyl (C=O) groups excluding carboxylic acids is 1. The molecule has 0 aromatic rings. The van der Waals surface area contributed by atoms with Gasteiger partial charge in [0.2, 0.25) is 0 Å². The van der Waals surface area contributed by atoms with Gasteiger partial charge in [-0.2, -0.15) is 0 Å². The van der Waals surface area contributed by atoms with Gasteiger partial charge in [-0.3, -0.25) is 4.79 Å². The van der Waals surface area contributed by atoms with Gasteiger partial charge in [-0.25, -0.2) is 0 Å². The van der Waals surface area contributed by atoms with Gasteiger partial charge in [0.1, 0.15) is 5.78 Å². The first kappa shape index (κ1) is 14.0. The van der Waals surface area contributed by atoms with Crippen molar-refractivity contribution < 1.29 is 4.79 Å². The van der Waals surface area contributed by atoms with E-state index in [4.69, 9.17) is 0 Å². The van der Waals surface area contributed by atoms with Crippen LogP contribution in [0.4, 0.5) is 0 Å². The first-order chi connectivity index (χ1) is 8.65. The Morgan fingerprint density at radius 1 is 1.17 bits per heavy atom. The molecule has 0 aromatic carbocycles. The lowest BCUT2D eigenvalue weighted by molar-refractivity contribution is -0.125. The second kappa shape index (κ2) is 6.70. The SMILES string of the molecule is CC1CC(C)CC(C(=O)CCC2CCCNC2)C1. The molecule has 0 aromatic heterocycles. The van der Waals surface area contributed by atoms with Crippen molar-refractivity contribution >= 4 is 5.78 Å². The van der Waals surface area contributed by atoms with Crippen LogP contribution in [-0.2, 0) is 4.79 Å². The van der Waals surface area contributed by atoms with Crippen LogP contribution in [0.3, 0.4) is 0 Å². The molecular formula is C16H29NO. The average molecular weight is 251 g/mol. The number of rotatable bonds is 4. The molecule has 104 valence electrons. The minimum atomic E-state index is 0.375. The zero-order valence-electron chi connectivity index (χ0n) is 12.1. The van der Waals surface area contributed by atoms with Gasteiger partial charge in [-0.05, 0) is 69.4 Å². The second-order valence-corrected chi connectivity index (χ2v) is 6.83. The maximum Gasteiger partial charge on any atom is 0.136 e. The van der Waals surface area contributed by atoms with Gasteiger partial charge in [-0.15, -0.1) is 0 Å². The van der Waals surface area contributed by atoms with E-state index in [0.717, 1.165) is 50.0 Å². The molecule has 2 nitrogen and oxygen atoms in total. The molecule has 3 unspecified atom stereocenters. The standard InChI is InChI=1S/C16H29NO/c1-12-8-13(2)10-15(9-12)16(18)6-5-14-4-3-7-17-11-14/h12-15,17H,3-11H2,1-2H3. The van der Waals surface area contributed by atoms with Crippen molar-refractivity contribution in [2.75, 3.05) is 13.1 Å². The predicted molar refractivity (Wildman–Crippen MR) is 75.5 cm³/mol. The third kappa shape index (κ3) is 4.08. The van der Waals surface area contributed by atoms with E-state index < -0.39 is 0 Å². The largest absolute Gasteiger partial charge is 0.316 e. The summed E-state index contributed by atoms with van der Waals surface area (Å²) in [5.74, 6) is 3.18. The van der Waals surface area contributed by atoms with Gasteiger partial charge in [0, 0.05) is 12.3 Å². The Labute approximate surface area is 112 Å². The Bertz CT molecular complexity index is 260. The van der Waals surface area contributed by atoms with Crippen LogP contribution in [0.15, 0.2) is 0 Å². The fourth-order valence-electron chi connectivity index (χ4n) is 3.93. The van der Waals surface area contributed by atoms with Crippen molar-refractivity contribution in [3.8, 4) is 0 Å². The molecule has 1 aliphatic heterocycles. The maximum atomic E-state index is 12.3. The molecule has 18 heavy (non-hydrogen) atoms. The zero-order valence-corrected chi connectivity index (χ0v) is 12.1. The highest BCUT2D eigenvalue weighted by atomic mass is 16.1. The summed E-state index contributed by atoms with van der Waals surface area (Å²) >= 11 is 0. The molecule has 1 aliphatic carbocycles. The highest BCUT2D eigenvalue weighted by Crippen LogP contribution is 2.34. The van der Waals surface area contributed by atoms with E-state index in [1.165, 1.54) is 25.8 Å². The van der Waals surface area contributed by atoms with Crippen LogP contribution in [0.1, 0.15) is 58.8 Å². The maximum absolute atomic E-state index is 12.3. The Morgan fingerprint density at radius 3 is 2.50 bits per heavy atom. The summed E-state index contributed by atoms with van der Waals surface area (Å²) < 4.78 is 0. The van der Waals surface area contributed by atoms with Crippen LogP contribution < -0.4 is 5.32 Å². The summed E-state index contributed by atoms with van der Waals surface area (Å²) in [5, 5.41) is 3.44. The first-order valence-corrected chi connectivity index (χ1v) is 7.88. The molecule has 3 atom stereocenters. The summed E-state index contributed by atoms with van der Waals surface area (Å²) in [5.41, 5.74) is 0. The van der Waals surface area contributed by atoms with E-state index in [-0.39, 0.29) is 0 Å². The van der Waals surface area contributed by atoms with E-state index in [2.05, 4.69) is 19.2 Å². The molecule has 2 rings (SSSR count). The van der Waals surface area contributed by atoms with Crippen LogP contribution in [0.2, 0.25) is 0 Å². The highest BCUT2D eigenvalue weighted by molar-refractivity contribution is 5.81. The highest BCUT2D eigenvalue weighted by Gasteiger charge is 2.28. The molecule has 2 aliphatic rings. The number of piperidine rings is 1. The number of Topliss-reactive ketones (excluding diaryl/α,β-unsaturated/α-hetero) is 1. The van der Waals surface area contributed by atoms with Gasteiger partial charge < -0.3 is 5.32 Å². The third-order valence-corrected chi connectivity index (χ3v) is 4.83. The summed E-state index contributed by atoms with van der Waals surface area (Å²) in [4.78, 5) is 12.3. The fraction of sp³-hybridized carbons (Fsp3) is 0.938. The van der Waals surface area contributed by atoms with E-state index in [1.54, 1.807) is 0 Å². The Kier molecular flexibility index (Phi) is 5.23. The lowest BCUT2D eigenvalue weighted by atomic mass is 9.74. The smallest absolute Gasteiger partial charge is 0.136 e. The second-order valence-electron chi connectivity index (χ2n) is 6.83. The predicted octanol–water partition coefficient (Wildman–Crippen LogP) is 3.41. The number of carbonyl (C=O) groups is 1. The molecular weight excluding hydrogens is 222 g/mol. The van der Waals surface area contributed by atoms with Crippen LogP contribution in [0.5, 0.6) is 0 Å². The summed E-state index contributed by atoms with van der Waals surface area (Å²) in [6.07, 6.45) is 8.16. The summed E-state index contributed by atoms with van der Waals surface area (Å²) in [6.45, 7) is 6.91. The van der Waals surface area contributed by atoms with Crippen LogP contribution in [0, 0.1) is 23.7 Å². The van der Waals surface area contributed by atoms with Crippen molar-refractivity contribution in [2.45, 2.75) is 58.8 Å². The molecule has 0 radical (unpaired) electrons. The van der Waals surface area contributed by atoms with Crippen LogP contribution in [0.25, 0.3) is 0 Å². The Hall–Kier alpha value is -0.370. The van der Waals surface area contributed by atoms with Crippen molar-refractivity contribution in [3.05, 3.63) is 0 Å². The van der Waals surface area contributed by atoms with Crippen molar-refractivity contribution in [3.63, 3.8) is 0 Å². The van der Waals surface area contributed by atoms with Crippen LogP contribution in [-0.4, -0.2) is 18.9 Å². The average Bonchev–Trinajstić information content (AvgIpc) is 2.36. The van der Waals surface area contributed by atoms with E-state index in [1.807, 2.05) is 0 Å². The zero-order chi connectivity index (χ0) is 13.0. The fourth-order valence-corrected chi connectivity index (χ4v) is 3.93. The minimum Gasteiger partial charge on any atom is -0.316 e. The number of hydrogen-bond acceptors (Lipinski definition) is 2. The normalized spacial score (nSPS) is 37.4. The Morgan fingerprint density at radius 2 is 1.89 bits per heavy atom. The van der Waals surface area contributed by atoms with Gasteiger partial charge >= 0.3 is 0 Å². The number of ketones is 1. The summed E-state index contributed by atoms with van der Waals surface area (Å²) in [7, 11) is 0. The van der Waals surface area contributed by atoms with E-state index in [9.17, 15) is 4.79 Å². The molecule has 1 saturated carbocycles. The number of hydrogen-bond donors (Lipinski definition) is 1. The van der Waals surface area contributed by atoms with Crippen molar-refractivity contribution in [1.29, 1.82) is 0 Å². The summed E-state index contributed by atoms with van der Waals surface area (Å²) in [6, 6.07) is 0. The van der Waals surface area contributed by atoms with Gasteiger partial charge in [-0.1, -0.05) is 13.8 Å². The monoisotopic (exact) mass is 251 g/mol. The molecule has 2 fully saturated rings. The molecule has 0 amide bonds. The van der Waals surface area contributed by atoms with Crippen molar-refractivity contribution in [2.24, 2.45) is 23.7 Å². The molecule has 0 spiro atoms. The minimum absolute atomic E-state index is 0.375. The Balaban J connectivity index is 1.73. The number of nitrogens with one attached hydrogen (secondary N) is 1. The van der Waals surface area contributed by atoms with Crippen LogP contribution >= 0.6 is 0 Å². The van der Waals surface area contributed by atoms with E-state index in [0.29, 0.717) is 11.7 Å². The third-order valence-electron chi connectivity index (χ3n) is 4.83. The molecule has 1 N–H and O–H groups in total. The molecule has 0 bridgehead atoms. The first-order valence-electron chi connectivity index (χ1n) is 7.88. The lowest BCUT2D eigenvalue weighted by Crippen LogP contribution is -2.31. The topological polar surface area (TPSA) is 29.1 Å². The van der Waals surface area contributed by atoms with Gasteiger partial charge in [0.15, 0.2) is 0 Å². The quantitative estimate of drug-likeness (QED) is 0.829.